The number of hydrogen-bond donors (Lipinski definition) is 1. The second-order valence-electron chi connectivity index (χ2n) is 4.60. The first kappa shape index (κ1) is 16.4. The molecule has 0 saturated carbocycles. The maximum Gasteiger partial charge on any atom is 0.246 e. The van der Waals surface area contributed by atoms with E-state index in [9.17, 15) is 12.8 Å². The number of nitrogens with one attached hydrogen (secondary N) is 1. The molecule has 0 bridgehead atoms. The van der Waals surface area contributed by atoms with Crippen molar-refractivity contribution in [1.29, 1.82) is 0 Å². The average molecular weight is 309 g/mol. The van der Waals surface area contributed by atoms with E-state index in [1.54, 1.807) is 13.0 Å². The first-order chi connectivity index (χ1) is 8.43. The molecule has 1 aromatic carbocycles. The predicted molar refractivity (Wildman–Crippen MR) is 74.6 cm³/mol. The minimum atomic E-state index is -3.75. The smallest absolute Gasteiger partial charge is 0.246 e. The molecule has 1 N–H and O–H groups in total. The highest BCUT2D eigenvalue weighted by Crippen LogP contribution is 2.22. The third kappa shape index (κ3) is 3.25. The highest BCUT2D eigenvalue weighted by molar-refractivity contribution is 7.89. The van der Waals surface area contributed by atoms with Gasteiger partial charge in [0.1, 0.15) is 10.7 Å². The molecule has 4 nitrogen and oxygen atoms in total. The fourth-order valence-corrected chi connectivity index (χ4v) is 3.54. The van der Waals surface area contributed by atoms with Gasteiger partial charge in [0, 0.05) is 19.6 Å². The summed E-state index contributed by atoms with van der Waals surface area (Å²) >= 11 is 0. The molecular weight excluding hydrogens is 291 g/mol. The van der Waals surface area contributed by atoms with Crippen LogP contribution < -0.4 is 5.32 Å². The SMILES string of the molecule is Cc1ccc(S(=O)(=O)N(C)C2CCNC2)c(F)c1.Cl. The Hall–Kier alpha value is -0.690. The average Bonchev–Trinajstić information content (AvgIpc) is 2.80. The van der Waals surface area contributed by atoms with Gasteiger partial charge in [0.15, 0.2) is 0 Å². The van der Waals surface area contributed by atoms with Crippen molar-refractivity contribution in [2.24, 2.45) is 0 Å². The Kier molecular flexibility index (Phi) is 5.32. The molecule has 1 aromatic rings. The van der Waals surface area contributed by atoms with Crippen LogP contribution in [0.4, 0.5) is 4.39 Å². The Labute approximate surface area is 119 Å². The van der Waals surface area contributed by atoms with Gasteiger partial charge in [-0.3, -0.25) is 0 Å². The minimum absolute atomic E-state index is 0. The summed E-state index contributed by atoms with van der Waals surface area (Å²) in [5.74, 6) is -0.687. The number of hydrogen-bond acceptors (Lipinski definition) is 3. The summed E-state index contributed by atoms with van der Waals surface area (Å²) < 4.78 is 39.7. The molecule has 0 spiro atoms. The zero-order valence-corrected chi connectivity index (χ0v) is 12.5. The molecule has 1 fully saturated rings. The number of halogens is 2. The van der Waals surface area contributed by atoms with Gasteiger partial charge in [0.2, 0.25) is 10.0 Å². The topological polar surface area (TPSA) is 49.4 Å². The molecule has 7 heteroatoms. The Balaban J connectivity index is 0.00000180. The Morgan fingerprint density at radius 3 is 2.63 bits per heavy atom. The van der Waals surface area contributed by atoms with Gasteiger partial charge in [0.25, 0.3) is 0 Å². The van der Waals surface area contributed by atoms with Gasteiger partial charge >= 0.3 is 0 Å². The van der Waals surface area contributed by atoms with Crippen LogP contribution in [-0.4, -0.2) is 38.9 Å². The van der Waals surface area contributed by atoms with E-state index in [0.29, 0.717) is 12.1 Å². The molecule has 1 saturated heterocycles. The lowest BCUT2D eigenvalue weighted by molar-refractivity contribution is 0.385. The lowest BCUT2D eigenvalue weighted by Gasteiger charge is -2.23. The first-order valence-electron chi connectivity index (χ1n) is 5.88. The summed E-state index contributed by atoms with van der Waals surface area (Å²) in [5.41, 5.74) is 0.705. The van der Waals surface area contributed by atoms with Gasteiger partial charge in [-0.1, -0.05) is 6.07 Å². The van der Waals surface area contributed by atoms with E-state index in [1.165, 1.54) is 23.5 Å². The number of benzene rings is 1. The fourth-order valence-electron chi connectivity index (χ4n) is 2.12. The van der Waals surface area contributed by atoms with Gasteiger partial charge < -0.3 is 5.32 Å². The van der Waals surface area contributed by atoms with Crippen LogP contribution in [0.5, 0.6) is 0 Å². The third-order valence-electron chi connectivity index (χ3n) is 3.29. The van der Waals surface area contributed by atoms with Crippen molar-refractivity contribution in [2.75, 3.05) is 20.1 Å². The number of likely N-dealkylation sites (N-methyl/N-ethyl adjacent to an activating group) is 1. The standard InChI is InChI=1S/C12H17FN2O2S.ClH/c1-9-3-4-12(11(13)7-9)18(16,17)15(2)10-5-6-14-8-10;/h3-4,7,10,14H,5-6,8H2,1-2H3;1H. The minimum Gasteiger partial charge on any atom is -0.315 e. The van der Waals surface area contributed by atoms with Gasteiger partial charge in [0.05, 0.1) is 0 Å². The second kappa shape index (κ2) is 6.17. The summed E-state index contributed by atoms with van der Waals surface area (Å²) in [5, 5.41) is 3.10. The zero-order chi connectivity index (χ0) is 13.3. The molecule has 108 valence electrons. The second-order valence-corrected chi connectivity index (χ2v) is 6.57. The first-order valence-corrected chi connectivity index (χ1v) is 7.32. The molecule has 0 aliphatic carbocycles. The lowest BCUT2D eigenvalue weighted by Crippen LogP contribution is -2.38. The lowest BCUT2D eigenvalue weighted by atomic mass is 10.2. The zero-order valence-electron chi connectivity index (χ0n) is 10.9. The predicted octanol–water partition coefficient (Wildman–Crippen LogP) is 1.54. The Morgan fingerprint density at radius 1 is 1.42 bits per heavy atom. The molecule has 0 aromatic heterocycles. The molecular formula is C12H18ClFN2O2S. The van der Waals surface area contributed by atoms with Crippen LogP contribution in [0.15, 0.2) is 23.1 Å². The van der Waals surface area contributed by atoms with Crippen LogP contribution in [0.25, 0.3) is 0 Å². The van der Waals surface area contributed by atoms with Crippen molar-refractivity contribution >= 4 is 22.4 Å². The van der Waals surface area contributed by atoms with E-state index < -0.39 is 15.8 Å². The summed E-state index contributed by atoms with van der Waals surface area (Å²) in [7, 11) is -2.25. The summed E-state index contributed by atoms with van der Waals surface area (Å²) in [6.07, 6.45) is 0.753. The molecule has 0 amide bonds. The number of aryl methyl sites for hydroxylation is 1. The molecule has 1 unspecified atom stereocenters. The Morgan fingerprint density at radius 2 is 2.11 bits per heavy atom. The molecule has 2 rings (SSSR count). The fraction of sp³-hybridized carbons (Fsp3) is 0.500. The number of sulfonamides is 1. The molecule has 1 atom stereocenters. The van der Waals surface area contributed by atoms with Gasteiger partial charge in [-0.2, -0.15) is 4.31 Å². The van der Waals surface area contributed by atoms with Crippen LogP contribution in [0.3, 0.4) is 0 Å². The molecule has 1 heterocycles. The quantitative estimate of drug-likeness (QED) is 0.921. The van der Waals surface area contributed by atoms with E-state index >= 15 is 0 Å². The molecule has 19 heavy (non-hydrogen) atoms. The Bertz CT molecular complexity index is 545. The number of rotatable bonds is 3. The molecule has 1 aliphatic heterocycles. The van der Waals surface area contributed by atoms with Crippen LogP contribution in [-0.2, 0) is 10.0 Å². The van der Waals surface area contributed by atoms with E-state index in [2.05, 4.69) is 5.32 Å². The van der Waals surface area contributed by atoms with Crippen molar-refractivity contribution in [2.45, 2.75) is 24.3 Å². The summed E-state index contributed by atoms with van der Waals surface area (Å²) in [4.78, 5) is -0.248. The highest BCUT2D eigenvalue weighted by Gasteiger charge is 2.31. The maximum atomic E-state index is 13.8. The van der Waals surface area contributed by atoms with Gasteiger partial charge in [-0.05, 0) is 37.6 Å². The van der Waals surface area contributed by atoms with Crippen LogP contribution in [0, 0.1) is 12.7 Å². The molecule has 0 radical (unpaired) electrons. The number of nitrogens with zero attached hydrogens (tertiary/aromatic N) is 1. The van der Waals surface area contributed by atoms with Crippen molar-refractivity contribution in [3.05, 3.63) is 29.6 Å². The summed E-state index contributed by atoms with van der Waals surface area (Å²) in [6.45, 7) is 3.13. The summed E-state index contributed by atoms with van der Waals surface area (Å²) in [6, 6.07) is 4.08. The van der Waals surface area contributed by atoms with Crippen LogP contribution >= 0.6 is 12.4 Å². The monoisotopic (exact) mass is 308 g/mol. The maximum absolute atomic E-state index is 13.8. The van der Waals surface area contributed by atoms with Crippen molar-refractivity contribution in [3.8, 4) is 0 Å². The van der Waals surface area contributed by atoms with Crippen LogP contribution in [0.1, 0.15) is 12.0 Å². The van der Waals surface area contributed by atoms with Gasteiger partial charge in [-0.15, -0.1) is 12.4 Å². The highest BCUT2D eigenvalue weighted by atomic mass is 35.5. The van der Waals surface area contributed by atoms with E-state index in [4.69, 9.17) is 0 Å². The van der Waals surface area contributed by atoms with Crippen LogP contribution in [0.2, 0.25) is 0 Å². The van der Waals surface area contributed by atoms with Crippen molar-refractivity contribution in [1.82, 2.24) is 9.62 Å². The van der Waals surface area contributed by atoms with Crippen molar-refractivity contribution in [3.63, 3.8) is 0 Å². The van der Waals surface area contributed by atoms with E-state index in [0.717, 1.165) is 13.0 Å². The molecule has 1 aliphatic rings. The normalized spacial score (nSPS) is 19.5. The van der Waals surface area contributed by atoms with Crippen molar-refractivity contribution < 1.29 is 12.8 Å². The van der Waals surface area contributed by atoms with E-state index in [-0.39, 0.29) is 23.3 Å². The largest absolute Gasteiger partial charge is 0.315 e. The third-order valence-corrected chi connectivity index (χ3v) is 5.24. The van der Waals surface area contributed by atoms with Gasteiger partial charge in [-0.25, -0.2) is 12.8 Å². The van der Waals surface area contributed by atoms with E-state index in [1.807, 2.05) is 0 Å².